The topological polar surface area (TPSA) is 113 Å². The van der Waals surface area contributed by atoms with Crippen molar-refractivity contribution in [2.45, 2.75) is 37.3 Å². The van der Waals surface area contributed by atoms with Gasteiger partial charge in [0.1, 0.15) is 0 Å². The summed E-state index contributed by atoms with van der Waals surface area (Å²) >= 11 is 0. The van der Waals surface area contributed by atoms with Crippen LogP contribution < -0.4 is 10.0 Å². The van der Waals surface area contributed by atoms with Gasteiger partial charge in [-0.25, -0.2) is 21.1 Å². The Kier molecular flexibility index (Phi) is 8.01. The number of carbonyl (C=O) groups is 1. The smallest absolute Gasteiger partial charge is 0.261 e. The van der Waals surface area contributed by atoms with Crippen molar-refractivity contribution >= 4 is 37.3 Å². The molecular weight excluding hydrogens is 510 g/mol. The number of carbonyl (C=O) groups excluding carboxylic acids is 1. The van der Waals surface area contributed by atoms with Crippen molar-refractivity contribution in [1.82, 2.24) is 4.31 Å². The van der Waals surface area contributed by atoms with E-state index in [1.54, 1.807) is 24.3 Å². The molecule has 196 valence electrons. The van der Waals surface area contributed by atoms with Crippen LogP contribution in [-0.4, -0.2) is 40.1 Å². The van der Waals surface area contributed by atoms with Gasteiger partial charge in [0.2, 0.25) is 15.9 Å². The van der Waals surface area contributed by atoms with E-state index in [9.17, 15) is 21.6 Å². The van der Waals surface area contributed by atoms with Crippen molar-refractivity contribution in [2.75, 3.05) is 23.1 Å². The van der Waals surface area contributed by atoms with E-state index >= 15 is 0 Å². The van der Waals surface area contributed by atoms with Gasteiger partial charge in [-0.15, -0.1) is 0 Å². The predicted molar refractivity (Wildman–Crippen MR) is 145 cm³/mol. The van der Waals surface area contributed by atoms with Gasteiger partial charge in [0.25, 0.3) is 10.0 Å². The highest BCUT2D eigenvalue weighted by Gasteiger charge is 2.31. The monoisotopic (exact) mass is 541 g/mol. The molecule has 1 aliphatic heterocycles. The van der Waals surface area contributed by atoms with Gasteiger partial charge in [-0.1, -0.05) is 48.0 Å². The zero-order valence-electron chi connectivity index (χ0n) is 20.8. The lowest BCUT2D eigenvalue weighted by molar-refractivity contribution is -0.120. The Labute approximate surface area is 218 Å². The molecule has 3 aromatic rings. The molecule has 37 heavy (non-hydrogen) atoms. The highest BCUT2D eigenvalue weighted by atomic mass is 32.2. The van der Waals surface area contributed by atoms with E-state index in [4.69, 9.17) is 0 Å². The molecule has 0 bridgehead atoms. The number of nitrogens with one attached hydrogen (secondary N) is 2. The fourth-order valence-corrected chi connectivity index (χ4v) is 6.93. The van der Waals surface area contributed by atoms with Crippen LogP contribution in [0, 0.1) is 19.8 Å². The van der Waals surface area contributed by atoms with Gasteiger partial charge in [0.15, 0.2) is 0 Å². The molecule has 0 saturated carbocycles. The van der Waals surface area contributed by atoms with E-state index in [1.807, 2.05) is 50.2 Å². The minimum absolute atomic E-state index is 0.0574. The van der Waals surface area contributed by atoms with Crippen LogP contribution in [0.4, 0.5) is 11.4 Å². The fraction of sp³-hybridized carbons (Fsp3) is 0.296. The van der Waals surface area contributed by atoms with Crippen LogP contribution in [0.15, 0.2) is 77.7 Å². The Morgan fingerprint density at radius 3 is 2.11 bits per heavy atom. The number of hydrogen-bond donors (Lipinski definition) is 2. The summed E-state index contributed by atoms with van der Waals surface area (Å²) in [5.41, 5.74) is 3.61. The van der Waals surface area contributed by atoms with Crippen LogP contribution in [0.5, 0.6) is 0 Å². The molecule has 2 N–H and O–H groups in total. The molecular formula is C27H31N3O5S2. The summed E-state index contributed by atoms with van der Waals surface area (Å²) in [6.07, 6.45) is 0.845. The van der Waals surface area contributed by atoms with Crippen LogP contribution in [0.1, 0.15) is 29.5 Å². The summed E-state index contributed by atoms with van der Waals surface area (Å²) in [6, 6.07) is 20.5. The average Bonchev–Trinajstić information content (AvgIpc) is 2.87. The molecule has 0 aliphatic carbocycles. The second kappa shape index (κ2) is 11.0. The third-order valence-corrected chi connectivity index (χ3v) is 9.74. The van der Waals surface area contributed by atoms with Crippen LogP contribution in [-0.2, 0) is 30.6 Å². The molecule has 4 rings (SSSR count). The van der Waals surface area contributed by atoms with Crippen molar-refractivity contribution in [2.24, 2.45) is 5.92 Å². The van der Waals surface area contributed by atoms with Crippen LogP contribution in [0.2, 0.25) is 0 Å². The van der Waals surface area contributed by atoms with Crippen LogP contribution in [0.3, 0.4) is 0 Å². The van der Waals surface area contributed by atoms with Crippen molar-refractivity contribution in [3.63, 3.8) is 0 Å². The number of anilines is 2. The molecule has 0 atom stereocenters. The average molecular weight is 542 g/mol. The molecule has 1 heterocycles. The molecule has 0 aromatic heterocycles. The number of hydrogen-bond acceptors (Lipinski definition) is 5. The number of aryl methyl sites for hydroxylation is 2. The van der Waals surface area contributed by atoms with Crippen molar-refractivity contribution < 1.29 is 21.6 Å². The van der Waals surface area contributed by atoms with E-state index in [-0.39, 0.29) is 35.6 Å². The van der Waals surface area contributed by atoms with Gasteiger partial charge >= 0.3 is 0 Å². The van der Waals surface area contributed by atoms with Gasteiger partial charge in [0.05, 0.1) is 16.3 Å². The number of rotatable bonds is 8. The summed E-state index contributed by atoms with van der Waals surface area (Å²) in [5, 5.41) is 2.83. The van der Waals surface area contributed by atoms with E-state index < -0.39 is 20.0 Å². The molecule has 0 spiro atoms. The normalized spacial score (nSPS) is 15.3. The summed E-state index contributed by atoms with van der Waals surface area (Å²) < 4.78 is 55.1. The minimum Gasteiger partial charge on any atom is -0.326 e. The Hall–Kier alpha value is -3.21. The second-order valence-electron chi connectivity index (χ2n) is 9.35. The molecule has 0 unspecified atom stereocenters. The first-order valence-electron chi connectivity index (χ1n) is 12.1. The van der Waals surface area contributed by atoms with Gasteiger partial charge in [-0.2, -0.15) is 0 Å². The highest BCUT2D eigenvalue weighted by Crippen LogP contribution is 2.25. The molecule has 10 heteroatoms. The van der Waals surface area contributed by atoms with Gasteiger partial charge in [0, 0.05) is 24.7 Å². The van der Waals surface area contributed by atoms with E-state index in [0.29, 0.717) is 24.2 Å². The molecule has 1 saturated heterocycles. The maximum Gasteiger partial charge on any atom is 0.261 e. The zero-order chi connectivity index (χ0) is 26.6. The Bertz CT molecular complexity index is 1460. The third kappa shape index (κ3) is 6.76. The van der Waals surface area contributed by atoms with Gasteiger partial charge in [-0.3, -0.25) is 9.52 Å². The molecule has 0 radical (unpaired) electrons. The second-order valence-corrected chi connectivity index (χ2v) is 13.0. The van der Waals surface area contributed by atoms with E-state index in [1.165, 1.54) is 16.4 Å². The van der Waals surface area contributed by atoms with Crippen molar-refractivity contribution in [1.29, 1.82) is 0 Å². The largest absolute Gasteiger partial charge is 0.326 e. The molecule has 1 amide bonds. The molecule has 1 fully saturated rings. The number of amides is 1. The minimum atomic E-state index is -3.77. The molecule has 1 aliphatic rings. The van der Waals surface area contributed by atoms with E-state index in [0.717, 1.165) is 16.7 Å². The maximum absolute atomic E-state index is 12.8. The first kappa shape index (κ1) is 26.8. The Balaban J connectivity index is 1.31. The maximum atomic E-state index is 12.8. The quantitative estimate of drug-likeness (QED) is 0.442. The fourth-order valence-electron chi connectivity index (χ4n) is 4.24. The standard InChI is InChI=1S/C27H31N3O5S2/c1-20-7-9-22(10-8-20)19-36(32,33)30-17-15-23(16-18-30)27(31)28-24-11-13-25(14-12-24)37(34,35)29-26-6-4-3-5-21(26)2/h3-14,23,29H,15-19H2,1-2H3,(H,28,31). The number of nitrogens with zero attached hydrogens (tertiary/aromatic N) is 1. The summed E-state index contributed by atoms with van der Waals surface area (Å²) in [7, 11) is -7.23. The Morgan fingerprint density at radius 1 is 0.865 bits per heavy atom. The number of para-hydroxylation sites is 1. The first-order chi connectivity index (χ1) is 17.5. The summed E-state index contributed by atoms with van der Waals surface area (Å²) in [5.74, 6) is -0.584. The Morgan fingerprint density at radius 2 is 1.49 bits per heavy atom. The van der Waals surface area contributed by atoms with Crippen LogP contribution >= 0.6 is 0 Å². The number of sulfonamides is 2. The third-order valence-electron chi connectivity index (χ3n) is 6.51. The first-order valence-corrected chi connectivity index (χ1v) is 15.2. The van der Waals surface area contributed by atoms with Crippen molar-refractivity contribution in [3.8, 4) is 0 Å². The molecule has 8 nitrogen and oxygen atoms in total. The van der Waals surface area contributed by atoms with E-state index in [2.05, 4.69) is 10.0 Å². The van der Waals surface area contributed by atoms with Crippen LogP contribution in [0.25, 0.3) is 0 Å². The predicted octanol–water partition coefficient (Wildman–Crippen LogP) is 4.28. The number of piperidine rings is 1. The number of benzene rings is 3. The SMILES string of the molecule is Cc1ccc(CS(=O)(=O)N2CCC(C(=O)Nc3ccc(S(=O)(=O)Nc4ccccc4C)cc3)CC2)cc1. The highest BCUT2D eigenvalue weighted by molar-refractivity contribution is 7.92. The zero-order valence-corrected chi connectivity index (χ0v) is 22.5. The lowest BCUT2D eigenvalue weighted by Crippen LogP contribution is -2.41. The summed E-state index contributed by atoms with van der Waals surface area (Å²) in [4.78, 5) is 12.9. The lowest BCUT2D eigenvalue weighted by Gasteiger charge is -2.30. The van der Waals surface area contributed by atoms with Gasteiger partial charge in [-0.05, 0) is 68.1 Å². The lowest BCUT2D eigenvalue weighted by atomic mass is 9.97. The van der Waals surface area contributed by atoms with Gasteiger partial charge < -0.3 is 5.32 Å². The molecule has 3 aromatic carbocycles. The summed E-state index contributed by atoms with van der Waals surface area (Å²) in [6.45, 7) is 4.34. The van der Waals surface area contributed by atoms with Crippen molar-refractivity contribution in [3.05, 3.63) is 89.5 Å².